The lowest BCUT2D eigenvalue weighted by Gasteiger charge is -2.41. The van der Waals surface area contributed by atoms with Gasteiger partial charge in [0.05, 0.1) is 14.2 Å². The van der Waals surface area contributed by atoms with Crippen molar-refractivity contribution in [1.29, 1.82) is 0 Å². The van der Waals surface area contributed by atoms with Crippen molar-refractivity contribution in [2.45, 2.75) is 89.3 Å². The van der Waals surface area contributed by atoms with Gasteiger partial charge in [0.25, 0.3) is 0 Å². The Balaban J connectivity index is 0.000000461. The van der Waals surface area contributed by atoms with Gasteiger partial charge in [0.1, 0.15) is 17.7 Å². The minimum atomic E-state index is -0.619. The first-order valence-corrected chi connectivity index (χ1v) is 17.4. The number of aliphatic hydroxyl groups is 1. The number of methoxy groups -OCH3 is 2. The summed E-state index contributed by atoms with van der Waals surface area (Å²) in [5.41, 5.74) is 1.93. The number of rotatable bonds is 8. The van der Waals surface area contributed by atoms with Crippen molar-refractivity contribution >= 4 is 29.6 Å². The van der Waals surface area contributed by atoms with Crippen molar-refractivity contribution in [1.82, 2.24) is 20.0 Å². The zero-order valence-corrected chi connectivity index (χ0v) is 31.6. The van der Waals surface area contributed by atoms with Crippen molar-refractivity contribution in [2.24, 2.45) is 0 Å². The van der Waals surface area contributed by atoms with Crippen LogP contribution in [-0.2, 0) is 36.9 Å². The number of esters is 2. The highest BCUT2D eigenvalue weighted by molar-refractivity contribution is 6.15. The molecule has 4 rings (SSSR count). The normalized spacial score (nSPS) is 20.3. The highest BCUT2D eigenvalue weighted by atomic mass is 35.5. The molecule has 1 amide bonds. The summed E-state index contributed by atoms with van der Waals surface area (Å²) in [4.78, 5) is 42.4. The van der Waals surface area contributed by atoms with E-state index in [0.29, 0.717) is 19.0 Å². The molecule has 12 heteroatoms. The van der Waals surface area contributed by atoms with E-state index >= 15 is 0 Å². The number of halogens is 1. The van der Waals surface area contributed by atoms with Gasteiger partial charge >= 0.3 is 18.0 Å². The summed E-state index contributed by atoms with van der Waals surface area (Å²) in [6.07, 6.45) is 4.22. The average molecular weight is 707 g/mol. The Kier molecular flexibility index (Phi) is 20.8. The van der Waals surface area contributed by atoms with E-state index in [0.717, 1.165) is 46.0 Å². The van der Waals surface area contributed by atoms with Gasteiger partial charge in [-0.1, -0.05) is 60.7 Å². The Morgan fingerprint density at radius 3 is 1.73 bits per heavy atom. The van der Waals surface area contributed by atoms with Crippen LogP contribution in [0, 0.1) is 0 Å². The lowest BCUT2D eigenvalue weighted by Crippen LogP contribution is -2.55. The quantitative estimate of drug-likeness (QED) is 0.222. The van der Waals surface area contributed by atoms with Crippen molar-refractivity contribution < 1.29 is 33.7 Å². The second-order valence-corrected chi connectivity index (χ2v) is 12.9. The molecule has 2 aromatic carbocycles. The zero-order valence-electron chi connectivity index (χ0n) is 30.9. The Labute approximate surface area is 298 Å². The summed E-state index contributed by atoms with van der Waals surface area (Å²) >= 11 is 4.64. The summed E-state index contributed by atoms with van der Waals surface area (Å²) in [7, 11) is 7.97. The standard InChI is InChI=1S/C20H30N2O4.C15H22N2O2.CH3Cl.CH4O/c1-20(2,3)26-19(24)22-12-11-16(13-17(22)18(23)25-5)21(4)14-15-9-7-6-8-10-15;1-17(11-12-6-4-3-5-7-12)13-8-9-16-14(10-13)15(18)19-2;2*1-2/h6-10,16-17H,11-14H2,1-5H3;3-7,13-14,16H,8-11H2,1-2H3;1H3;2H,1H3/t16-,17-;13-,14-;;/m00../s1. The molecule has 0 saturated carbocycles. The molecule has 0 bridgehead atoms. The van der Waals surface area contributed by atoms with Crippen molar-refractivity contribution in [3.8, 4) is 0 Å². The maximum absolute atomic E-state index is 12.5. The molecule has 2 aliphatic rings. The van der Waals surface area contributed by atoms with Crippen LogP contribution in [-0.4, -0.2) is 123 Å². The van der Waals surface area contributed by atoms with Gasteiger partial charge < -0.3 is 24.6 Å². The van der Waals surface area contributed by atoms with Gasteiger partial charge in [-0.3, -0.25) is 19.5 Å². The maximum atomic E-state index is 12.5. The molecule has 11 nitrogen and oxygen atoms in total. The van der Waals surface area contributed by atoms with Crippen molar-refractivity contribution in [2.75, 3.05) is 54.9 Å². The third-order valence-corrected chi connectivity index (χ3v) is 8.33. The van der Waals surface area contributed by atoms with Gasteiger partial charge in [-0.2, -0.15) is 0 Å². The third-order valence-electron chi connectivity index (χ3n) is 8.33. The van der Waals surface area contributed by atoms with E-state index in [1.165, 1.54) is 36.6 Å². The molecular formula is C37H59ClN4O7. The molecule has 0 radical (unpaired) electrons. The fourth-order valence-electron chi connectivity index (χ4n) is 5.87. The van der Waals surface area contributed by atoms with E-state index in [4.69, 9.17) is 19.3 Å². The Hall–Kier alpha value is -3.22. The number of alkyl halides is 1. The van der Waals surface area contributed by atoms with Crippen LogP contribution >= 0.6 is 11.6 Å². The minimum absolute atomic E-state index is 0.155. The topological polar surface area (TPSA) is 121 Å². The first-order valence-electron chi connectivity index (χ1n) is 16.6. The molecule has 0 aliphatic carbocycles. The molecule has 0 spiro atoms. The Morgan fingerprint density at radius 1 is 0.816 bits per heavy atom. The van der Waals surface area contributed by atoms with E-state index in [1.807, 2.05) is 45.0 Å². The number of likely N-dealkylation sites (tertiary alicyclic amines) is 1. The summed E-state index contributed by atoms with van der Waals surface area (Å²) in [6, 6.07) is 20.5. The van der Waals surface area contributed by atoms with Crippen molar-refractivity contribution in [3.05, 3.63) is 71.8 Å². The third kappa shape index (κ3) is 15.5. The number of piperidine rings is 2. The summed E-state index contributed by atoms with van der Waals surface area (Å²) in [6.45, 7) is 8.50. The second-order valence-electron chi connectivity index (χ2n) is 12.9. The summed E-state index contributed by atoms with van der Waals surface area (Å²) in [5, 5.41) is 10.2. The monoisotopic (exact) mass is 706 g/mol. The van der Waals surface area contributed by atoms with Crippen LogP contribution in [0.2, 0.25) is 0 Å². The minimum Gasteiger partial charge on any atom is -0.468 e. The van der Waals surface area contributed by atoms with Crippen LogP contribution in [0.15, 0.2) is 60.7 Å². The van der Waals surface area contributed by atoms with E-state index in [2.05, 4.69) is 77.2 Å². The van der Waals surface area contributed by atoms with Crippen molar-refractivity contribution in [3.63, 3.8) is 0 Å². The molecule has 4 atom stereocenters. The number of nitrogens with one attached hydrogen (secondary N) is 1. The van der Waals surface area contributed by atoms with Gasteiger partial charge in [0.2, 0.25) is 0 Å². The molecule has 0 unspecified atom stereocenters. The smallest absolute Gasteiger partial charge is 0.411 e. The highest BCUT2D eigenvalue weighted by Gasteiger charge is 2.40. The van der Waals surface area contributed by atoms with Crippen LogP contribution in [0.4, 0.5) is 4.79 Å². The van der Waals surface area contributed by atoms with E-state index in [1.54, 1.807) is 0 Å². The molecule has 49 heavy (non-hydrogen) atoms. The number of carbonyl (C=O) groups excluding carboxylic acids is 3. The molecule has 2 saturated heterocycles. The second kappa shape index (κ2) is 23.2. The molecule has 276 valence electrons. The van der Waals surface area contributed by atoms with Crippen LogP contribution in [0.3, 0.4) is 0 Å². The fraction of sp³-hybridized carbons (Fsp3) is 0.595. The number of aliphatic hydroxyl groups excluding tert-OH is 1. The van der Waals surface area contributed by atoms with Gasteiger partial charge in [0, 0.05) is 45.2 Å². The van der Waals surface area contributed by atoms with Crippen LogP contribution in [0.25, 0.3) is 0 Å². The van der Waals surface area contributed by atoms with Gasteiger partial charge in [-0.05, 0) is 78.2 Å². The van der Waals surface area contributed by atoms with Crippen LogP contribution in [0.1, 0.15) is 57.6 Å². The van der Waals surface area contributed by atoms with E-state index in [-0.39, 0.29) is 18.1 Å². The predicted molar refractivity (Wildman–Crippen MR) is 194 cm³/mol. The Morgan fingerprint density at radius 2 is 1.29 bits per heavy atom. The number of hydrogen-bond donors (Lipinski definition) is 2. The maximum Gasteiger partial charge on any atom is 0.411 e. The number of hydrogen-bond acceptors (Lipinski definition) is 10. The van der Waals surface area contributed by atoms with E-state index in [9.17, 15) is 14.4 Å². The molecule has 2 aromatic rings. The van der Waals surface area contributed by atoms with Crippen LogP contribution in [0.5, 0.6) is 0 Å². The lowest BCUT2D eigenvalue weighted by atomic mass is 9.96. The summed E-state index contributed by atoms with van der Waals surface area (Å²) < 4.78 is 15.2. The largest absolute Gasteiger partial charge is 0.468 e. The zero-order chi connectivity index (χ0) is 37.0. The molecule has 2 fully saturated rings. The molecule has 2 aliphatic heterocycles. The number of nitrogens with zero attached hydrogens (tertiary/aromatic N) is 3. The van der Waals surface area contributed by atoms with Gasteiger partial charge in [-0.15, -0.1) is 11.6 Å². The molecule has 2 heterocycles. The summed E-state index contributed by atoms with van der Waals surface area (Å²) in [5.74, 6) is -0.550. The SMILES string of the molecule is CCl.CO.COC(=O)[C@@H]1C[C@@H](N(C)Cc2ccccc2)CCN1.COC(=O)[C@@H]1C[C@@H](N(C)Cc2ccccc2)CCN1C(=O)OC(C)(C)C. The van der Waals surface area contributed by atoms with Crippen LogP contribution < -0.4 is 5.32 Å². The Bertz CT molecular complexity index is 1220. The first-order chi connectivity index (χ1) is 23.4. The lowest BCUT2D eigenvalue weighted by molar-refractivity contribution is -0.149. The number of benzene rings is 2. The van der Waals surface area contributed by atoms with Gasteiger partial charge in [-0.25, -0.2) is 9.59 Å². The number of amides is 1. The van der Waals surface area contributed by atoms with E-state index < -0.39 is 23.7 Å². The number of ether oxygens (including phenoxy) is 3. The molecule has 0 aromatic heterocycles. The average Bonchev–Trinajstić information content (AvgIpc) is 3.12. The first kappa shape index (κ1) is 43.8. The number of carbonyl (C=O) groups is 3. The fourth-order valence-corrected chi connectivity index (χ4v) is 5.87. The van der Waals surface area contributed by atoms with Gasteiger partial charge in [0.15, 0.2) is 0 Å². The highest BCUT2D eigenvalue weighted by Crippen LogP contribution is 2.25. The molecular weight excluding hydrogens is 648 g/mol. The predicted octanol–water partition coefficient (Wildman–Crippen LogP) is 4.94. The molecule has 2 N–H and O–H groups in total.